The van der Waals surface area contributed by atoms with E-state index in [1.807, 2.05) is 0 Å². The van der Waals surface area contributed by atoms with Crippen molar-refractivity contribution in [1.82, 2.24) is 10.2 Å². The Kier molecular flexibility index (Phi) is 3.86. The molecule has 14 heavy (non-hydrogen) atoms. The highest BCUT2D eigenvalue weighted by molar-refractivity contribution is 5.73. The number of carbonyl (C=O) groups is 1. The largest absolute Gasteiger partial charge is 0.351 e. The van der Waals surface area contributed by atoms with Gasteiger partial charge in [0.1, 0.15) is 6.17 Å². The first-order chi connectivity index (χ1) is 6.50. The number of hydrogen-bond donors (Lipinski definition) is 1. The molecule has 0 bridgehead atoms. The second-order valence-corrected chi connectivity index (χ2v) is 4.20. The van der Waals surface area contributed by atoms with E-state index in [1.54, 1.807) is 0 Å². The summed E-state index contributed by atoms with van der Waals surface area (Å²) in [5.74, 6) is -0.143. The number of halogens is 1. The number of likely N-dealkylation sites (tertiary alicyclic amines) is 1. The average Bonchev–Trinajstić information content (AvgIpc) is 2.07. The van der Waals surface area contributed by atoms with Gasteiger partial charge in [0.2, 0.25) is 5.91 Å². The fourth-order valence-corrected chi connectivity index (χ4v) is 1.82. The molecular formula is C10H19FN2O. The highest BCUT2D eigenvalue weighted by Gasteiger charge is 2.30. The molecule has 0 aromatic rings. The number of alkyl halides is 1. The van der Waals surface area contributed by atoms with E-state index in [4.69, 9.17) is 0 Å². The summed E-state index contributed by atoms with van der Waals surface area (Å²) in [6.07, 6.45) is -0.228. The average molecular weight is 202 g/mol. The zero-order valence-corrected chi connectivity index (χ0v) is 9.09. The Morgan fingerprint density at radius 1 is 1.57 bits per heavy atom. The molecule has 82 valence electrons. The molecular weight excluding hydrogens is 183 g/mol. The third-order valence-electron chi connectivity index (χ3n) is 2.69. The molecule has 2 atom stereocenters. The molecule has 0 aliphatic carbocycles. The molecule has 1 heterocycles. The molecule has 0 aromatic heterocycles. The van der Waals surface area contributed by atoms with Gasteiger partial charge in [-0.2, -0.15) is 0 Å². The standard InChI is InChI=1S/C10H19FN2O/c1-7(2)13-5-4-10(9(11)6-13)12-8(3)14/h7,9-10H,4-6H2,1-3H3,(H,12,14)/t9-,10+/m0/s1. The van der Waals surface area contributed by atoms with Crippen LogP contribution in [-0.2, 0) is 4.79 Å². The van der Waals surface area contributed by atoms with Crippen molar-refractivity contribution < 1.29 is 9.18 Å². The van der Waals surface area contributed by atoms with E-state index in [0.29, 0.717) is 19.0 Å². The van der Waals surface area contributed by atoms with Crippen molar-refractivity contribution in [3.8, 4) is 0 Å². The fraction of sp³-hybridized carbons (Fsp3) is 0.900. The van der Waals surface area contributed by atoms with Crippen LogP contribution in [0.5, 0.6) is 0 Å². The van der Waals surface area contributed by atoms with Crippen LogP contribution in [0.3, 0.4) is 0 Å². The van der Waals surface area contributed by atoms with E-state index in [1.165, 1.54) is 6.92 Å². The lowest BCUT2D eigenvalue weighted by Crippen LogP contribution is -2.53. The first kappa shape index (κ1) is 11.4. The van der Waals surface area contributed by atoms with Gasteiger partial charge in [0.15, 0.2) is 0 Å². The molecule has 1 aliphatic rings. The summed E-state index contributed by atoms with van der Waals surface area (Å²) in [6, 6.07) is 0.0917. The van der Waals surface area contributed by atoms with Crippen LogP contribution in [0, 0.1) is 0 Å². The van der Waals surface area contributed by atoms with Crippen LogP contribution < -0.4 is 5.32 Å². The zero-order chi connectivity index (χ0) is 10.7. The smallest absolute Gasteiger partial charge is 0.217 e. The second-order valence-electron chi connectivity index (χ2n) is 4.20. The predicted octanol–water partition coefficient (Wildman–Crippen LogP) is 0.943. The molecule has 0 aromatic carbocycles. The second kappa shape index (κ2) is 4.73. The van der Waals surface area contributed by atoms with Crippen LogP contribution in [0.15, 0.2) is 0 Å². The first-order valence-electron chi connectivity index (χ1n) is 5.16. The van der Waals surface area contributed by atoms with Crippen LogP contribution in [0.4, 0.5) is 4.39 Å². The Hall–Kier alpha value is -0.640. The summed E-state index contributed by atoms with van der Waals surface area (Å²) in [4.78, 5) is 12.9. The maximum atomic E-state index is 13.6. The van der Waals surface area contributed by atoms with Crippen LogP contribution in [-0.4, -0.2) is 42.2 Å². The SMILES string of the molecule is CC(=O)N[C@@H]1CCN(C(C)C)C[C@@H]1F. The molecule has 3 nitrogen and oxygen atoms in total. The van der Waals surface area contributed by atoms with Crippen LogP contribution in [0.25, 0.3) is 0 Å². The molecule has 4 heteroatoms. The van der Waals surface area contributed by atoms with E-state index < -0.39 is 6.17 Å². The number of piperidine rings is 1. The molecule has 0 saturated carbocycles. The third-order valence-corrected chi connectivity index (χ3v) is 2.69. The molecule has 1 fully saturated rings. The molecule has 0 radical (unpaired) electrons. The van der Waals surface area contributed by atoms with Gasteiger partial charge >= 0.3 is 0 Å². The maximum absolute atomic E-state index is 13.6. The number of carbonyl (C=O) groups excluding carboxylic acids is 1. The van der Waals surface area contributed by atoms with Crippen molar-refractivity contribution in [3.05, 3.63) is 0 Å². The van der Waals surface area contributed by atoms with E-state index in [2.05, 4.69) is 24.1 Å². The summed E-state index contributed by atoms with van der Waals surface area (Å²) < 4.78 is 13.6. The fourth-order valence-electron chi connectivity index (χ4n) is 1.82. The van der Waals surface area contributed by atoms with E-state index in [-0.39, 0.29) is 11.9 Å². The normalized spacial score (nSPS) is 29.2. The molecule has 1 N–H and O–H groups in total. The van der Waals surface area contributed by atoms with Crippen LogP contribution >= 0.6 is 0 Å². The van der Waals surface area contributed by atoms with Gasteiger partial charge in [-0.15, -0.1) is 0 Å². The van der Waals surface area contributed by atoms with Crippen molar-refractivity contribution in [2.24, 2.45) is 0 Å². The lowest BCUT2D eigenvalue weighted by molar-refractivity contribution is -0.120. The Morgan fingerprint density at radius 2 is 2.21 bits per heavy atom. The Balaban J connectivity index is 2.43. The maximum Gasteiger partial charge on any atom is 0.217 e. The van der Waals surface area contributed by atoms with Crippen molar-refractivity contribution in [3.63, 3.8) is 0 Å². The minimum absolute atomic E-state index is 0.143. The number of hydrogen-bond acceptors (Lipinski definition) is 2. The van der Waals surface area contributed by atoms with Gasteiger partial charge in [-0.05, 0) is 20.3 Å². The van der Waals surface area contributed by atoms with E-state index >= 15 is 0 Å². The minimum atomic E-state index is -0.935. The molecule has 0 unspecified atom stereocenters. The van der Waals surface area contributed by atoms with Crippen molar-refractivity contribution in [2.75, 3.05) is 13.1 Å². The van der Waals surface area contributed by atoms with Gasteiger partial charge in [0.25, 0.3) is 0 Å². The Bertz CT molecular complexity index is 208. The van der Waals surface area contributed by atoms with Gasteiger partial charge in [0, 0.05) is 26.1 Å². The topological polar surface area (TPSA) is 32.3 Å². The quantitative estimate of drug-likeness (QED) is 0.723. The summed E-state index contributed by atoms with van der Waals surface area (Å²) in [7, 11) is 0. The molecule has 0 spiro atoms. The molecule has 1 amide bonds. The van der Waals surface area contributed by atoms with Crippen LogP contribution in [0.1, 0.15) is 27.2 Å². The number of nitrogens with zero attached hydrogens (tertiary/aromatic N) is 1. The van der Waals surface area contributed by atoms with Gasteiger partial charge < -0.3 is 5.32 Å². The lowest BCUT2D eigenvalue weighted by atomic mass is 10.0. The highest BCUT2D eigenvalue weighted by atomic mass is 19.1. The Labute approximate surface area is 84.7 Å². The first-order valence-corrected chi connectivity index (χ1v) is 5.16. The Morgan fingerprint density at radius 3 is 2.64 bits per heavy atom. The zero-order valence-electron chi connectivity index (χ0n) is 9.09. The lowest BCUT2D eigenvalue weighted by Gasteiger charge is -2.37. The predicted molar refractivity (Wildman–Crippen MR) is 53.8 cm³/mol. The molecule has 1 aliphatic heterocycles. The van der Waals surface area contributed by atoms with Crippen molar-refractivity contribution >= 4 is 5.91 Å². The highest BCUT2D eigenvalue weighted by Crippen LogP contribution is 2.16. The summed E-state index contributed by atoms with van der Waals surface area (Å²) in [5.41, 5.74) is 0. The van der Waals surface area contributed by atoms with Crippen LogP contribution in [0.2, 0.25) is 0 Å². The summed E-state index contributed by atoms with van der Waals surface area (Å²) in [5, 5.41) is 2.65. The number of nitrogens with one attached hydrogen (secondary N) is 1. The van der Waals surface area contributed by atoms with Gasteiger partial charge in [-0.3, -0.25) is 9.69 Å². The van der Waals surface area contributed by atoms with Gasteiger partial charge in [-0.1, -0.05) is 0 Å². The van der Waals surface area contributed by atoms with Gasteiger partial charge in [-0.25, -0.2) is 4.39 Å². The number of rotatable bonds is 2. The minimum Gasteiger partial charge on any atom is -0.351 e. The monoisotopic (exact) mass is 202 g/mol. The molecule has 1 saturated heterocycles. The summed E-state index contributed by atoms with van der Waals surface area (Å²) >= 11 is 0. The van der Waals surface area contributed by atoms with Crippen molar-refractivity contribution in [2.45, 2.75) is 45.4 Å². The third kappa shape index (κ3) is 2.94. The number of amides is 1. The van der Waals surface area contributed by atoms with Gasteiger partial charge in [0.05, 0.1) is 6.04 Å². The summed E-state index contributed by atoms with van der Waals surface area (Å²) in [6.45, 7) is 6.85. The van der Waals surface area contributed by atoms with Crippen molar-refractivity contribution in [1.29, 1.82) is 0 Å². The van der Waals surface area contributed by atoms with E-state index in [0.717, 1.165) is 6.54 Å². The molecule has 1 rings (SSSR count). The van der Waals surface area contributed by atoms with E-state index in [9.17, 15) is 9.18 Å².